The Bertz CT molecular complexity index is 580. The molecule has 0 aliphatic rings. The van der Waals surface area contributed by atoms with Crippen LogP contribution in [0.1, 0.15) is 13.3 Å². The van der Waals surface area contributed by atoms with Gasteiger partial charge in [-0.15, -0.1) is 5.92 Å². The van der Waals surface area contributed by atoms with Crippen molar-refractivity contribution in [2.45, 2.75) is 24.8 Å². The minimum Gasteiger partial charge on any atom is -0.481 e. The second-order valence-corrected chi connectivity index (χ2v) is 5.10. The van der Waals surface area contributed by atoms with E-state index in [1.165, 1.54) is 17.1 Å². The normalized spacial score (nSPS) is 10.7. The average Bonchev–Trinajstić information content (AvgIpc) is 2.76. The van der Waals surface area contributed by atoms with E-state index in [9.17, 15) is 13.2 Å². The van der Waals surface area contributed by atoms with Gasteiger partial charge in [0.05, 0.1) is 25.7 Å². The van der Waals surface area contributed by atoms with E-state index in [0.717, 1.165) is 0 Å². The number of aliphatic carboxylic acids is 1. The molecule has 0 unspecified atom stereocenters. The largest absolute Gasteiger partial charge is 0.481 e. The third-order valence-corrected chi connectivity index (χ3v) is 3.36. The molecule has 8 heteroatoms. The van der Waals surface area contributed by atoms with E-state index in [0.29, 0.717) is 0 Å². The first kappa shape index (κ1) is 14.2. The van der Waals surface area contributed by atoms with Crippen LogP contribution in [-0.2, 0) is 21.4 Å². The summed E-state index contributed by atoms with van der Waals surface area (Å²) < 4.78 is 27.0. The Morgan fingerprint density at radius 3 is 2.94 bits per heavy atom. The smallest absolute Gasteiger partial charge is 0.305 e. The van der Waals surface area contributed by atoms with Crippen LogP contribution < -0.4 is 4.72 Å². The monoisotopic (exact) mass is 271 g/mol. The number of carboxylic acid groups (broad SMARTS) is 1. The third kappa shape index (κ3) is 4.20. The Hall–Kier alpha value is -1.85. The van der Waals surface area contributed by atoms with Gasteiger partial charge in [-0.3, -0.25) is 9.48 Å². The number of carbonyl (C=O) groups is 1. The minimum atomic E-state index is -3.63. The molecule has 0 aromatic carbocycles. The lowest BCUT2D eigenvalue weighted by Gasteiger charge is -2.00. The zero-order chi connectivity index (χ0) is 13.6. The van der Waals surface area contributed by atoms with E-state index < -0.39 is 16.0 Å². The zero-order valence-electron chi connectivity index (χ0n) is 9.75. The van der Waals surface area contributed by atoms with Crippen LogP contribution in [0, 0.1) is 11.8 Å². The average molecular weight is 271 g/mol. The molecule has 0 fully saturated rings. The molecule has 0 atom stereocenters. The van der Waals surface area contributed by atoms with Crippen molar-refractivity contribution >= 4 is 16.0 Å². The lowest BCUT2D eigenvalue weighted by molar-refractivity contribution is -0.137. The molecule has 0 aliphatic carbocycles. The molecule has 0 spiro atoms. The van der Waals surface area contributed by atoms with Gasteiger partial charge in [-0.1, -0.05) is 5.92 Å². The molecule has 18 heavy (non-hydrogen) atoms. The Morgan fingerprint density at radius 2 is 2.33 bits per heavy atom. The van der Waals surface area contributed by atoms with Gasteiger partial charge < -0.3 is 5.11 Å². The van der Waals surface area contributed by atoms with Gasteiger partial charge in [0.1, 0.15) is 4.90 Å². The van der Waals surface area contributed by atoms with E-state index in [4.69, 9.17) is 5.11 Å². The number of hydrogen-bond acceptors (Lipinski definition) is 4. The van der Waals surface area contributed by atoms with Crippen molar-refractivity contribution in [1.29, 1.82) is 0 Å². The Kier molecular flexibility index (Phi) is 4.88. The molecular weight excluding hydrogens is 258 g/mol. The molecular formula is C10H13N3O4S. The van der Waals surface area contributed by atoms with Gasteiger partial charge in [0.15, 0.2) is 0 Å². The summed E-state index contributed by atoms with van der Waals surface area (Å²) >= 11 is 0. The maximum absolute atomic E-state index is 11.7. The number of carboxylic acids is 1. The van der Waals surface area contributed by atoms with Crippen molar-refractivity contribution in [2.24, 2.45) is 0 Å². The highest BCUT2D eigenvalue weighted by molar-refractivity contribution is 7.89. The SMILES string of the molecule is CC#CCNS(=O)(=O)c1cnn(CCC(=O)O)c1. The van der Waals surface area contributed by atoms with Crippen LogP contribution >= 0.6 is 0 Å². The lowest BCUT2D eigenvalue weighted by Crippen LogP contribution is -2.23. The number of aryl methyl sites for hydroxylation is 1. The molecule has 2 N–H and O–H groups in total. The molecule has 7 nitrogen and oxygen atoms in total. The van der Waals surface area contributed by atoms with Crippen molar-refractivity contribution in [3.8, 4) is 11.8 Å². The highest BCUT2D eigenvalue weighted by Gasteiger charge is 2.15. The van der Waals surface area contributed by atoms with Crippen LogP contribution in [-0.4, -0.2) is 35.8 Å². The first-order valence-corrected chi connectivity index (χ1v) is 6.57. The highest BCUT2D eigenvalue weighted by Crippen LogP contribution is 2.06. The van der Waals surface area contributed by atoms with Gasteiger partial charge in [0.25, 0.3) is 0 Å². The van der Waals surface area contributed by atoms with E-state index in [2.05, 4.69) is 21.7 Å². The van der Waals surface area contributed by atoms with Crippen LogP contribution in [0.4, 0.5) is 0 Å². The van der Waals surface area contributed by atoms with Crippen LogP contribution in [0.2, 0.25) is 0 Å². The van der Waals surface area contributed by atoms with E-state index in [1.54, 1.807) is 6.92 Å². The summed E-state index contributed by atoms with van der Waals surface area (Å²) in [4.78, 5) is 10.4. The second kappa shape index (κ2) is 6.18. The van der Waals surface area contributed by atoms with Gasteiger partial charge in [-0.25, -0.2) is 8.42 Å². The number of nitrogens with zero attached hydrogens (tertiary/aromatic N) is 2. The summed E-state index contributed by atoms with van der Waals surface area (Å²) in [5, 5.41) is 12.3. The van der Waals surface area contributed by atoms with Crippen LogP contribution in [0.15, 0.2) is 17.3 Å². The standard InChI is InChI=1S/C10H13N3O4S/c1-2-3-5-12-18(16,17)9-7-11-13(8-9)6-4-10(14)15/h7-8,12H,4-6H2,1H3,(H,14,15). The summed E-state index contributed by atoms with van der Waals surface area (Å²) in [6.07, 6.45) is 2.34. The van der Waals surface area contributed by atoms with Gasteiger partial charge in [0, 0.05) is 6.20 Å². The minimum absolute atomic E-state index is 0.00853. The number of rotatable bonds is 6. The predicted octanol–water partition coefficient (Wildman–Crippen LogP) is -0.341. The molecule has 1 aromatic rings. The molecule has 98 valence electrons. The fraction of sp³-hybridized carbons (Fsp3) is 0.400. The highest BCUT2D eigenvalue weighted by atomic mass is 32.2. The quantitative estimate of drug-likeness (QED) is 0.689. The number of nitrogens with one attached hydrogen (secondary N) is 1. The summed E-state index contributed by atoms with van der Waals surface area (Å²) in [6.45, 7) is 1.76. The summed E-state index contributed by atoms with van der Waals surface area (Å²) in [5.41, 5.74) is 0. The molecule has 0 saturated carbocycles. The van der Waals surface area contributed by atoms with Gasteiger partial charge in [-0.2, -0.15) is 9.82 Å². The van der Waals surface area contributed by atoms with Crippen molar-refractivity contribution in [2.75, 3.05) is 6.54 Å². The summed E-state index contributed by atoms with van der Waals surface area (Å²) in [5.74, 6) is 4.18. The van der Waals surface area contributed by atoms with Crippen LogP contribution in [0.5, 0.6) is 0 Å². The van der Waals surface area contributed by atoms with Crippen molar-refractivity contribution in [3.63, 3.8) is 0 Å². The molecule has 1 aromatic heterocycles. The van der Waals surface area contributed by atoms with E-state index in [1.807, 2.05) is 0 Å². The molecule has 0 amide bonds. The van der Waals surface area contributed by atoms with Crippen LogP contribution in [0.3, 0.4) is 0 Å². The maximum Gasteiger partial charge on any atom is 0.305 e. The predicted molar refractivity (Wildman–Crippen MR) is 63.1 cm³/mol. The molecule has 0 saturated heterocycles. The molecule has 0 bridgehead atoms. The van der Waals surface area contributed by atoms with E-state index >= 15 is 0 Å². The first-order valence-electron chi connectivity index (χ1n) is 5.09. The fourth-order valence-corrected chi connectivity index (χ4v) is 1.99. The van der Waals surface area contributed by atoms with Crippen molar-refractivity contribution < 1.29 is 18.3 Å². The van der Waals surface area contributed by atoms with Crippen LogP contribution in [0.25, 0.3) is 0 Å². The number of sulfonamides is 1. The molecule has 1 heterocycles. The van der Waals surface area contributed by atoms with Crippen molar-refractivity contribution in [3.05, 3.63) is 12.4 Å². The molecule has 1 rings (SSSR count). The summed E-state index contributed by atoms with van der Waals surface area (Å²) in [6, 6.07) is 0. The van der Waals surface area contributed by atoms with Crippen molar-refractivity contribution in [1.82, 2.24) is 14.5 Å². The first-order chi connectivity index (χ1) is 8.45. The topological polar surface area (TPSA) is 101 Å². The van der Waals surface area contributed by atoms with Gasteiger partial charge in [-0.05, 0) is 6.92 Å². The second-order valence-electron chi connectivity index (χ2n) is 3.33. The summed E-state index contributed by atoms with van der Waals surface area (Å²) in [7, 11) is -3.63. The zero-order valence-corrected chi connectivity index (χ0v) is 10.6. The van der Waals surface area contributed by atoms with E-state index in [-0.39, 0.29) is 24.4 Å². The molecule has 0 radical (unpaired) electrons. The Balaban J connectivity index is 2.71. The molecule has 0 aliphatic heterocycles. The number of hydrogen-bond donors (Lipinski definition) is 2. The van der Waals surface area contributed by atoms with Gasteiger partial charge in [0.2, 0.25) is 10.0 Å². The third-order valence-electron chi connectivity index (χ3n) is 2.00. The number of aromatic nitrogens is 2. The maximum atomic E-state index is 11.7. The Morgan fingerprint density at radius 1 is 1.61 bits per heavy atom. The lowest BCUT2D eigenvalue weighted by atomic mass is 10.4. The fourth-order valence-electron chi connectivity index (χ4n) is 1.12. The Labute approximate surface area is 105 Å². The van der Waals surface area contributed by atoms with Gasteiger partial charge >= 0.3 is 5.97 Å².